The number of unbranched alkanes of at least 4 members (excludes halogenated alkanes) is 3. The molecule has 7 heteroatoms. The van der Waals surface area contributed by atoms with E-state index in [0.717, 1.165) is 44.4 Å². The van der Waals surface area contributed by atoms with Gasteiger partial charge in [-0.25, -0.2) is 9.78 Å². The summed E-state index contributed by atoms with van der Waals surface area (Å²) in [7, 11) is 0. The lowest BCUT2D eigenvalue weighted by Crippen LogP contribution is -2.16. The van der Waals surface area contributed by atoms with Gasteiger partial charge in [0.15, 0.2) is 0 Å². The van der Waals surface area contributed by atoms with Crippen LogP contribution in [0.15, 0.2) is 12.3 Å². The van der Waals surface area contributed by atoms with Gasteiger partial charge in [0.25, 0.3) is 5.69 Å². The molecule has 21 heavy (non-hydrogen) atoms. The summed E-state index contributed by atoms with van der Waals surface area (Å²) in [5.74, 6) is -0.681. The maximum atomic E-state index is 12.0. The molecule has 1 unspecified atom stereocenters. The summed E-state index contributed by atoms with van der Waals surface area (Å²) >= 11 is 5.79. The summed E-state index contributed by atoms with van der Waals surface area (Å²) in [5.41, 5.74) is -0.367. The Bertz CT molecular complexity index is 508. The van der Waals surface area contributed by atoms with Crippen molar-refractivity contribution in [1.29, 1.82) is 0 Å². The topological polar surface area (TPSA) is 82.3 Å². The molecule has 0 aliphatic heterocycles. The zero-order valence-corrected chi connectivity index (χ0v) is 12.9. The number of carbonyl (C=O) groups excluding carboxylic acids is 1. The smallest absolute Gasteiger partial charge is 0.341 e. The maximum Gasteiger partial charge on any atom is 0.341 e. The van der Waals surface area contributed by atoms with Crippen LogP contribution in [0.5, 0.6) is 0 Å². The average Bonchev–Trinajstić information content (AvgIpc) is 2.43. The van der Waals surface area contributed by atoms with Crippen LogP contribution in [0, 0.1) is 10.1 Å². The van der Waals surface area contributed by atoms with Crippen LogP contribution in [-0.4, -0.2) is 22.0 Å². The highest BCUT2D eigenvalue weighted by molar-refractivity contribution is 6.32. The van der Waals surface area contributed by atoms with E-state index in [-0.39, 0.29) is 22.5 Å². The summed E-state index contributed by atoms with van der Waals surface area (Å²) in [4.78, 5) is 25.7. The van der Waals surface area contributed by atoms with Crippen molar-refractivity contribution in [2.75, 3.05) is 0 Å². The van der Waals surface area contributed by atoms with E-state index in [2.05, 4.69) is 11.9 Å². The zero-order chi connectivity index (χ0) is 15.8. The van der Waals surface area contributed by atoms with Gasteiger partial charge in [0.2, 0.25) is 0 Å². The summed E-state index contributed by atoms with van der Waals surface area (Å²) in [6.45, 7) is 3.92. The Kier molecular flexibility index (Phi) is 7.08. The number of rotatable bonds is 8. The molecule has 1 aromatic rings. The molecule has 1 rings (SSSR count). The molecule has 0 saturated carbocycles. The molecule has 0 N–H and O–H groups in total. The lowest BCUT2D eigenvalue weighted by atomic mass is 10.1. The van der Waals surface area contributed by atoms with Crippen molar-refractivity contribution in [3.63, 3.8) is 0 Å². The maximum absolute atomic E-state index is 12.0. The van der Waals surface area contributed by atoms with Crippen LogP contribution in [0.2, 0.25) is 5.15 Å². The number of hydrogen-bond donors (Lipinski definition) is 0. The molecule has 1 atom stereocenters. The zero-order valence-electron chi connectivity index (χ0n) is 12.2. The van der Waals surface area contributed by atoms with Crippen LogP contribution in [0.3, 0.4) is 0 Å². The van der Waals surface area contributed by atoms with E-state index in [9.17, 15) is 14.9 Å². The Morgan fingerprint density at radius 2 is 2.19 bits per heavy atom. The van der Waals surface area contributed by atoms with Crippen molar-refractivity contribution in [2.24, 2.45) is 0 Å². The first kappa shape index (κ1) is 17.4. The highest BCUT2D eigenvalue weighted by Gasteiger charge is 2.20. The van der Waals surface area contributed by atoms with Gasteiger partial charge in [0.05, 0.1) is 11.0 Å². The minimum absolute atomic E-state index is 0.0775. The molecule has 0 radical (unpaired) electrons. The molecule has 0 aliphatic rings. The third-order valence-electron chi connectivity index (χ3n) is 3.03. The van der Waals surface area contributed by atoms with Gasteiger partial charge in [0.1, 0.15) is 16.9 Å². The molecular weight excluding hydrogens is 296 g/mol. The van der Waals surface area contributed by atoms with Gasteiger partial charge in [-0.1, -0.05) is 37.8 Å². The molecule has 0 fully saturated rings. The van der Waals surface area contributed by atoms with Gasteiger partial charge in [-0.3, -0.25) is 10.1 Å². The van der Waals surface area contributed by atoms with Crippen molar-refractivity contribution in [1.82, 2.24) is 4.98 Å². The number of nitro groups is 1. The number of ether oxygens (including phenoxy) is 1. The fourth-order valence-corrected chi connectivity index (χ4v) is 2.02. The molecule has 0 aromatic carbocycles. The summed E-state index contributed by atoms with van der Waals surface area (Å²) in [6, 6.07) is 1.08. The standard InChI is InChI=1S/C14H19ClN2O4/c1-3-4-5-6-7-10(2)21-14(18)12-8-11(17(19)20)9-16-13(12)15/h8-10H,3-7H2,1-2H3. The van der Waals surface area contributed by atoms with E-state index in [0.29, 0.717) is 0 Å². The average molecular weight is 315 g/mol. The predicted molar refractivity (Wildman–Crippen MR) is 79.5 cm³/mol. The second kappa shape index (κ2) is 8.56. The Morgan fingerprint density at radius 1 is 1.48 bits per heavy atom. The van der Waals surface area contributed by atoms with E-state index in [1.54, 1.807) is 6.92 Å². The molecule has 0 spiro atoms. The number of halogens is 1. The SMILES string of the molecule is CCCCCCC(C)OC(=O)c1cc([N+](=O)[O-])cnc1Cl. The van der Waals surface area contributed by atoms with E-state index in [1.165, 1.54) is 0 Å². The molecule has 0 bridgehead atoms. The lowest BCUT2D eigenvalue weighted by molar-refractivity contribution is -0.385. The molecule has 6 nitrogen and oxygen atoms in total. The van der Waals surface area contributed by atoms with Crippen molar-refractivity contribution < 1.29 is 14.5 Å². The van der Waals surface area contributed by atoms with Crippen LogP contribution in [0.4, 0.5) is 5.69 Å². The van der Waals surface area contributed by atoms with Gasteiger partial charge < -0.3 is 4.74 Å². The highest BCUT2D eigenvalue weighted by Crippen LogP contribution is 2.21. The number of pyridine rings is 1. The van der Waals surface area contributed by atoms with Crippen LogP contribution in [-0.2, 0) is 4.74 Å². The Labute approximate surface area is 128 Å². The Morgan fingerprint density at radius 3 is 2.81 bits per heavy atom. The normalized spacial score (nSPS) is 12.0. The molecule has 0 saturated heterocycles. The van der Waals surface area contributed by atoms with Gasteiger partial charge in [0, 0.05) is 6.07 Å². The van der Waals surface area contributed by atoms with Crippen molar-refractivity contribution in [3.05, 3.63) is 33.1 Å². The molecule has 1 aromatic heterocycles. The fraction of sp³-hybridized carbons (Fsp3) is 0.571. The summed E-state index contributed by atoms with van der Waals surface area (Å²) in [6.07, 6.45) is 5.87. The molecule has 0 amide bonds. The first-order valence-electron chi connectivity index (χ1n) is 6.96. The van der Waals surface area contributed by atoms with Gasteiger partial charge >= 0.3 is 5.97 Å². The number of aromatic nitrogens is 1. The van der Waals surface area contributed by atoms with Gasteiger partial charge in [-0.2, -0.15) is 0 Å². The molecule has 0 aliphatic carbocycles. The fourth-order valence-electron chi connectivity index (χ4n) is 1.84. The second-order valence-corrected chi connectivity index (χ2v) is 5.21. The molecular formula is C14H19ClN2O4. The van der Waals surface area contributed by atoms with E-state index in [4.69, 9.17) is 16.3 Å². The Hall–Kier alpha value is -1.69. The molecule has 116 valence electrons. The largest absolute Gasteiger partial charge is 0.459 e. The molecule has 1 heterocycles. The van der Waals surface area contributed by atoms with Crippen molar-refractivity contribution in [2.45, 2.75) is 52.1 Å². The third kappa shape index (κ3) is 5.67. The van der Waals surface area contributed by atoms with Crippen LogP contribution in [0.1, 0.15) is 56.3 Å². The lowest BCUT2D eigenvalue weighted by Gasteiger charge is -2.13. The van der Waals surface area contributed by atoms with E-state index < -0.39 is 10.9 Å². The highest BCUT2D eigenvalue weighted by atomic mass is 35.5. The van der Waals surface area contributed by atoms with Gasteiger partial charge in [-0.05, 0) is 19.8 Å². The van der Waals surface area contributed by atoms with Crippen LogP contribution >= 0.6 is 11.6 Å². The van der Waals surface area contributed by atoms with Crippen LogP contribution in [0.25, 0.3) is 0 Å². The first-order valence-corrected chi connectivity index (χ1v) is 7.34. The minimum Gasteiger partial charge on any atom is -0.459 e. The monoisotopic (exact) mass is 314 g/mol. The Balaban J connectivity index is 2.62. The second-order valence-electron chi connectivity index (χ2n) is 4.85. The van der Waals surface area contributed by atoms with Crippen molar-refractivity contribution >= 4 is 23.3 Å². The van der Waals surface area contributed by atoms with E-state index >= 15 is 0 Å². The number of carbonyl (C=O) groups is 1. The quantitative estimate of drug-likeness (QED) is 0.236. The van der Waals surface area contributed by atoms with Crippen LogP contribution < -0.4 is 0 Å². The van der Waals surface area contributed by atoms with Crippen molar-refractivity contribution in [3.8, 4) is 0 Å². The number of esters is 1. The number of nitrogens with zero attached hydrogens (tertiary/aromatic N) is 2. The number of hydrogen-bond acceptors (Lipinski definition) is 5. The summed E-state index contributed by atoms with van der Waals surface area (Å²) in [5, 5.41) is 10.6. The summed E-state index contributed by atoms with van der Waals surface area (Å²) < 4.78 is 5.25. The predicted octanol–water partition coefficient (Wildman–Crippen LogP) is 4.16. The first-order chi connectivity index (χ1) is 9.95. The minimum atomic E-state index is -0.681. The van der Waals surface area contributed by atoms with Gasteiger partial charge in [-0.15, -0.1) is 0 Å². The third-order valence-corrected chi connectivity index (χ3v) is 3.33. The van der Waals surface area contributed by atoms with E-state index in [1.807, 2.05) is 0 Å².